The molecule has 2 aromatic rings. The highest BCUT2D eigenvalue weighted by Gasteiger charge is 2.02. The first-order chi connectivity index (χ1) is 8.29. The van der Waals surface area contributed by atoms with Crippen molar-refractivity contribution in [1.29, 1.82) is 0 Å². The lowest BCUT2D eigenvalue weighted by atomic mass is 10.1. The van der Waals surface area contributed by atoms with Crippen molar-refractivity contribution in [3.05, 3.63) is 65.2 Å². The van der Waals surface area contributed by atoms with Crippen molar-refractivity contribution in [2.24, 2.45) is 0 Å². The van der Waals surface area contributed by atoms with Gasteiger partial charge in [0.05, 0.1) is 0 Å². The maximum Gasteiger partial charge on any atom is 0.128 e. The van der Waals surface area contributed by atoms with Crippen LogP contribution < -0.4 is 4.74 Å². The zero-order valence-corrected chi connectivity index (χ0v) is 10.5. The lowest BCUT2D eigenvalue weighted by Crippen LogP contribution is -1.98. The lowest BCUT2D eigenvalue weighted by molar-refractivity contribution is 0.305. The minimum Gasteiger partial charge on any atom is -0.488 e. The van der Waals surface area contributed by atoms with Crippen LogP contribution in [0.3, 0.4) is 0 Å². The fourth-order valence-electron chi connectivity index (χ4n) is 1.60. The number of hydrogen-bond donors (Lipinski definition) is 0. The van der Waals surface area contributed by atoms with Gasteiger partial charge >= 0.3 is 0 Å². The van der Waals surface area contributed by atoms with E-state index in [9.17, 15) is 0 Å². The van der Waals surface area contributed by atoms with Crippen LogP contribution in [0.4, 0.5) is 0 Å². The predicted octanol–water partition coefficient (Wildman–Crippen LogP) is 3.92. The molecule has 0 aliphatic rings. The summed E-state index contributed by atoms with van der Waals surface area (Å²) in [5, 5.41) is 1.65. The Morgan fingerprint density at radius 3 is 2.59 bits per heavy atom. The van der Waals surface area contributed by atoms with Gasteiger partial charge in [0.2, 0.25) is 0 Å². The third-order valence-corrected chi connectivity index (χ3v) is 2.79. The highest BCUT2D eigenvalue weighted by Crippen LogP contribution is 2.20. The molecule has 0 bridgehead atoms. The molecule has 2 rings (SSSR count). The van der Waals surface area contributed by atoms with Crippen LogP contribution in [0.5, 0.6) is 5.75 Å². The molecule has 0 fully saturated rings. The summed E-state index contributed by atoms with van der Waals surface area (Å²) in [7, 11) is 0. The summed E-state index contributed by atoms with van der Waals surface area (Å²) in [5.41, 5.74) is 3.29. The Balaban J connectivity index is 2.13. The molecule has 0 aliphatic heterocycles. The molecule has 0 aromatic heterocycles. The minimum atomic E-state index is 0.570. The van der Waals surface area contributed by atoms with Gasteiger partial charge in [0, 0.05) is 10.9 Å². The van der Waals surface area contributed by atoms with Crippen molar-refractivity contribution in [3.8, 4) is 5.75 Å². The van der Waals surface area contributed by atoms with E-state index in [2.05, 4.69) is 0 Å². The molecule has 0 atom stereocenters. The molecule has 0 amide bonds. The average Bonchev–Trinajstić information content (AvgIpc) is 2.38. The second-order valence-electron chi connectivity index (χ2n) is 3.93. The highest BCUT2D eigenvalue weighted by atomic mass is 32.1. The number of hydrogen-bond acceptors (Lipinski definition) is 2. The molecule has 0 unspecified atom stereocenters. The van der Waals surface area contributed by atoms with E-state index in [-0.39, 0.29) is 0 Å². The van der Waals surface area contributed by atoms with Crippen LogP contribution >= 0.6 is 12.2 Å². The summed E-state index contributed by atoms with van der Waals surface area (Å²) in [5.74, 6) is 0.851. The van der Waals surface area contributed by atoms with Gasteiger partial charge < -0.3 is 4.74 Å². The molecule has 1 nitrogen and oxygen atoms in total. The van der Waals surface area contributed by atoms with E-state index in [1.807, 2.05) is 55.5 Å². The van der Waals surface area contributed by atoms with Gasteiger partial charge in [0.1, 0.15) is 12.4 Å². The quantitative estimate of drug-likeness (QED) is 0.751. The van der Waals surface area contributed by atoms with Crippen molar-refractivity contribution in [1.82, 2.24) is 0 Å². The van der Waals surface area contributed by atoms with Gasteiger partial charge in [0.15, 0.2) is 0 Å². The van der Waals surface area contributed by atoms with Gasteiger partial charge in [0.25, 0.3) is 0 Å². The minimum absolute atomic E-state index is 0.570. The van der Waals surface area contributed by atoms with Crippen molar-refractivity contribution in [2.45, 2.75) is 13.5 Å². The van der Waals surface area contributed by atoms with Crippen molar-refractivity contribution in [2.75, 3.05) is 0 Å². The van der Waals surface area contributed by atoms with E-state index in [1.165, 1.54) is 5.56 Å². The number of aryl methyl sites for hydroxylation is 1. The molecule has 0 saturated heterocycles. The summed E-state index contributed by atoms with van der Waals surface area (Å²) in [6.45, 7) is 2.61. The van der Waals surface area contributed by atoms with E-state index in [1.54, 1.807) is 5.37 Å². The molecule has 0 saturated carbocycles. The van der Waals surface area contributed by atoms with Crippen molar-refractivity contribution < 1.29 is 4.74 Å². The Bertz CT molecular complexity index is 506. The molecule has 0 heterocycles. The molecule has 0 N–H and O–H groups in total. The normalized spacial score (nSPS) is 9.94. The maximum atomic E-state index is 5.80. The van der Waals surface area contributed by atoms with E-state index < -0.39 is 0 Å². The second kappa shape index (κ2) is 5.60. The van der Waals surface area contributed by atoms with Crippen LogP contribution in [-0.4, -0.2) is 5.37 Å². The first-order valence-electron chi connectivity index (χ1n) is 5.52. The van der Waals surface area contributed by atoms with Gasteiger partial charge in [-0.15, -0.1) is 0 Å². The van der Waals surface area contributed by atoms with Gasteiger partial charge in [-0.1, -0.05) is 54.7 Å². The monoisotopic (exact) mass is 242 g/mol. The summed E-state index contributed by atoms with van der Waals surface area (Å²) < 4.78 is 5.80. The zero-order valence-electron chi connectivity index (χ0n) is 9.72. The third kappa shape index (κ3) is 3.14. The number of benzene rings is 2. The molecular formula is C15H14OS. The van der Waals surface area contributed by atoms with Crippen LogP contribution in [0.1, 0.15) is 16.7 Å². The van der Waals surface area contributed by atoms with Crippen molar-refractivity contribution in [3.63, 3.8) is 0 Å². The molecule has 0 aliphatic carbocycles. The summed E-state index contributed by atoms with van der Waals surface area (Å²) in [6.07, 6.45) is 0. The first-order valence-corrected chi connectivity index (χ1v) is 5.99. The first kappa shape index (κ1) is 11.8. The zero-order chi connectivity index (χ0) is 12.1. The van der Waals surface area contributed by atoms with Gasteiger partial charge in [-0.25, -0.2) is 0 Å². The summed E-state index contributed by atoms with van der Waals surface area (Å²) >= 11 is 4.98. The fourth-order valence-corrected chi connectivity index (χ4v) is 1.79. The largest absolute Gasteiger partial charge is 0.488 e. The Labute approximate surface area is 107 Å². The molecule has 2 heteroatoms. The topological polar surface area (TPSA) is 9.23 Å². The van der Waals surface area contributed by atoms with Crippen LogP contribution in [0.25, 0.3) is 0 Å². The average molecular weight is 242 g/mol. The highest BCUT2D eigenvalue weighted by molar-refractivity contribution is 7.79. The fraction of sp³-hybridized carbons (Fsp3) is 0.133. The number of ether oxygens (including phenoxy) is 1. The Morgan fingerprint density at radius 1 is 1.12 bits per heavy atom. The van der Waals surface area contributed by atoms with E-state index >= 15 is 0 Å². The number of thiocarbonyl (C=S) groups is 1. The SMILES string of the molecule is Cc1ccc(C=S)c(OCc2ccccc2)c1. The molecular weight excluding hydrogens is 228 g/mol. The molecule has 86 valence electrons. The molecule has 2 aromatic carbocycles. The van der Waals surface area contributed by atoms with Crippen LogP contribution in [0.2, 0.25) is 0 Å². The smallest absolute Gasteiger partial charge is 0.128 e. The summed E-state index contributed by atoms with van der Waals surface area (Å²) in [4.78, 5) is 0. The molecule has 0 radical (unpaired) electrons. The maximum absolute atomic E-state index is 5.80. The van der Waals surface area contributed by atoms with Crippen LogP contribution in [0.15, 0.2) is 48.5 Å². The van der Waals surface area contributed by atoms with Crippen LogP contribution in [-0.2, 0) is 6.61 Å². The predicted molar refractivity (Wildman–Crippen MR) is 74.7 cm³/mol. The van der Waals surface area contributed by atoms with Gasteiger partial charge in [-0.2, -0.15) is 0 Å². The Morgan fingerprint density at radius 2 is 1.88 bits per heavy atom. The van der Waals surface area contributed by atoms with Gasteiger partial charge in [-0.3, -0.25) is 0 Å². The molecule has 0 spiro atoms. The Hall–Kier alpha value is -1.67. The van der Waals surface area contributed by atoms with E-state index in [0.29, 0.717) is 6.61 Å². The van der Waals surface area contributed by atoms with E-state index in [0.717, 1.165) is 16.9 Å². The van der Waals surface area contributed by atoms with E-state index in [4.69, 9.17) is 17.0 Å². The second-order valence-corrected chi connectivity index (χ2v) is 4.17. The molecule has 17 heavy (non-hydrogen) atoms. The lowest BCUT2D eigenvalue weighted by Gasteiger charge is -2.09. The number of rotatable bonds is 4. The Kier molecular flexibility index (Phi) is 3.89. The van der Waals surface area contributed by atoms with Gasteiger partial charge in [-0.05, 0) is 24.1 Å². The van der Waals surface area contributed by atoms with Crippen LogP contribution in [0, 0.1) is 6.92 Å². The standard InChI is InChI=1S/C15H14OS/c1-12-7-8-14(11-17)15(9-12)16-10-13-5-3-2-4-6-13/h2-9,11H,10H2,1H3. The van der Waals surface area contributed by atoms with Crippen molar-refractivity contribution >= 4 is 17.6 Å². The third-order valence-electron chi connectivity index (χ3n) is 2.53. The summed E-state index contributed by atoms with van der Waals surface area (Å²) in [6, 6.07) is 16.2.